The molecule has 4 rings (SSSR count). The third-order valence-electron chi connectivity index (χ3n) is 4.76. The second kappa shape index (κ2) is 5.21. The third-order valence-corrected chi connectivity index (χ3v) is 4.76. The Labute approximate surface area is 134 Å². The van der Waals surface area contributed by atoms with Gasteiger partial charge in [0.2, 0.25) is 0 Å². The maximum Gasteiger partial charge on any atom is 0.141 e. The van der Waals surface area contributed by atoms with Crippen molar-refractivity contribution in [3.8, 4) is 6.07 Å². The summed E-state index contributed by atoms with van der Waals surface area (Å²) in [6, 6.07) is 6.51. The minimum absolute atomic E-state index is 0.427. The zero-order chi connectivity index (χ0) is 16.0. The van der Waals surface area contributed by atoms with Crippen molar-refractivity contribution in [2.45, 2.75) is 12.5 Å². The van der Waals surface area contributed by atoms with Crippen molar-refractivity contribution < 1.29 is 0 Å². The second-order valence-corrected chi connectivity index (χ2v) is 6.22. The number of nitrogens with one attached hydrogen (secondary N) is 1. The maximum absolute atomic E-state index is 9.13. The van der Waals surface area contributed by atoms with Crippen molar-refractivity contribution in [3.05, 3.63) is 30.2 Å². The smallest absolute Gasteiger partial charge is 0.141 e. The first-order chi connectivity index (χ1) is 11.2. The topological polar surface area (TPSA) is 71.8 Å². The van der Waals surface area contributed by atoms with E-state index in [9.17, 15) is 0 Å². The van der Waals surface area contributed by atoms with E-state index < -0.39 is 0 Å². The molecule has 0 aliphatic carbocycles. The number of hydrogen-bond donors (Lipinski definition) is 1. The minimum atomic E-state index is 0.427. The van der Waals surface area contributed by atoms with Crippen LogP contribution in [0.5, 0.6) is 0 Å². The van der Waals surface area contributed by atoms with Gasteiger partial charge in [-0.15, -0.1) is 0 Å². The van der Waals surface area contributed by atoms with Gasteiger partial charge in [-0.2, -0.15) is 5.26 Å². The van der Waals surface area contributed by atoms with Gasteiger partial charge in [-0.25, -0.2) is 9.97 Å². The summed E-state index contributed by atoms with van der Waals surface area (Å²) in [6.07, 6.45) is 4.70. The number of aromatic amines is 1. The number of likely N-dealkylation sites (N-methyl/N-ethyl adjacent to an activating group) is 2. The highest BCUT2D eigenvalue weighted by atomic mass is 15.2. The molecule has 3 aromatic heterocycles. The molecule has 0 aromatic carbocycles. The highest BCUT2D eigenvalue weighted by Gasteiger charge is 2.25. The lowest BCUT2D eigenvalue weighted by Gasteiger charge is -2.27. The van der Waals surface area contributed by atoms with Gasteiger partial charge in [0.1, 0.15) is 17.4 Å². The van der Waals surface area contributed by atoms with Gasteiger partial charge in [0, 0.05) is 36.9 Å². The van der Waals surface area contributed by atoms with Crippen LogP contribution in [0.15, 0.2) is 24.5 Å². The Kier molecular flexibility index (Phi) is 3.17. The SMILES string of the molecule is CN1CC[C@@H](N(C)c2ccnc3[nH]c4cnc(C#N)cc4c23)C1. The van der Waals surface area contributed by atoms with Gasteiger partial charge >= 0.3 is 0 Å². The molecule has 1 aliphatic rings. The average molecular weight is 306 g/mol. The Morgan fingerprint density at radius 2 is 2.30 bits per heavy atom. The average Bonchev–Trinajstić information content (AvgIpc) is 3.16. The molecule has 23 heavy (non-hydrogen) atoms. The number of fused-ring (bicyclic) bond motifs is 3. The third kappa shape index (κ3) is 2.21. The van der Waals surface area contributed by atoms with Gasteiger partial charge in [0.25, 0.3) is 0 Å². The Morgan fingerprint density at radius 3 is 3.04 bits per heavy atom. The van der Waals surface area contributed by atoms with Crippen LogP contribution in [0.4, 0.5) is 5.69 Å². The van der Waals surface area contributed by atoms with Crippen molar-refractivity contribution in [2.75, 3.05) is 32.1 Å². The number of H-pyrrole nitrogens is 1. The first kappa shape index (κ1) is 14.0. The predicted octanol–water partition coefficient (Wildman–Crippen LogP) is 2.12. The van der Waals surface area contributed by atoms with Crippen LogP contribution < -0.4 is 4.90 Å². The molecule has 1 atom stereocenters. The zero-order valence-corrected chi connectivity index (χ0v) is 13.2. The first-order valence-corrected chi connectivity index (χ1v) is 7.75. The van der Waals surface area contributed by atoms with Crippen LogP contribution in [0, 0.1) is 11.3 Å². The Morgan fingerprint density at radius 1 is 1.43 bits per heavy atom. The number of anilines is 1. The molecule has 0 amide bonds. The molecule has 116 valence electrons. The fraction of sp³-hybridized carbons (Fsp3) is 0.353. The van der Waals surface area contributed by atoms with Gasteiger partial charge in [-0.05, 0) is 32.1 Å². The fourth-order valence-electron chi connectivity index (χ4n) is 3.48. The molecule has 0 bridgehead atoms. The van der Waals surface area contributed by atoms with E-state index in [1.165, 1.54) is 0 Å². The molecule has 6 nitrogen and oxygen atoms in total. The summed E-state index contributed by atoms with van der Waals surface area (Å²) in [5.41, 5.74) is 3.33. The molecule has 3 aromatic rings. The van der Waals surface area contributed by atoms with E-state index in [4.69, 9.17) is 5.26 Å². The van der Waals surface area contributed by atoms with Crippen LogP contribution in [0.2, 0.25) is 0 Å². The van der Waals surface area contributed by atoms with Crippen molar-refractivity contribution in [3.63, 3.8) is 0 Å². The van der Waals surface area contributed by atoms with E-state index in [0.717, 1.165) is 47.1 Å². The van der Waals surface area contributed by atoms with E-state index in [0.29, 0.717) is 11.7 Å². The summed E-state index contributed by atoms with van der Waals surface area (Å²) in [6.45, 7) is 2.19. The molecule has 1 saturated heterocycles. The number of hydrogen-bond acceptors (Lipinski definition) is 5. The molecular formula is C17H18N6. The molecule has 1 aliphatic heterocycles. The molecule has 0 unspecified atom stereocenters. The largest absolute Gasteiger partial charge is 0.370 e. The molecule has 4 heterocycles. The minimum Gasteiger partial charge on any atom is -0.370 e. The number of nitrogens with zero attached hydrogens (tertiary/aromatic N) is 5. The molecule has 1 fully saturated rings. The first-order valence-electron chi connectivity index (χ1n) is 7.75. The highest BCUT2D eigenvalue weighted by Crippen LogP contribution is 2.33. The lowest BCUT2D eigenvalue weighted by atomic mass is 10.1. The van der Waals surface area contributed by atoms with Gasteiger partial charge in [-0.1, -0.05) is 0 Å². The van der Waals surface area contributed by atoms with Crippen LogP contribution >= 0.6 is 0 Å². The van der Waals surface area contributed by atoms with Gasteiger partial charge in [-0.3, -0.25) is 0 Å². The fourth-order valence-corrected chi connectivity index (χ4v) is 3.48. The Balaban J connectivity index is 1.90. The lowest BCUT2D eigenvalue weighted by molar-refractivity contribution is 0.409. The van der Waals surface area contributed by atoms with Crippen LogP contribution in [-0.4, -0.2) is 53.1 Å². The Hall–Kier alpha value is -2.65. The van der Waals surface area contributed by atoms with Crippen molar-refractivity contribution in [1.82, 2.24) is 19.9 Å². The molecule has 1 N–H and O–H groups in total. The Bertz CT molecular complexity index is 922. The lowest BCUT2D eigenvalue weighted by Crippen LogP contribution is -2.33. The molecule has 6 heteroatoms. The molecule has 0 saturated carbocycles. The standard InChI is InChI=1S/C17H18N6/c1-22-6-4-12(10-22)23(2)15-3-5-19-17-16(15)13-7-11(8-18)20-9-14(13)21-17/h3,5,7,9,12H,4,6,10H2,1-2H3,(H,19,21)/t12-/m1/s1. The van der Waals surface area contributed by atoms with Gasteiger partial charge in [0.15, 0.2) is 0 Å². The number of rotatable bonds is 2. The number of aromatic nitrogens is 3. The van der Waals surface area contributed by atoms with E-state index in [1.54, 1.807) is 6.20 Å². The second-order valence-electron chi connectivity index (χ2n) is 6.22. The highest BCUT2D eigenvalue weighted by molar-refractivity contribution is 6.12. The molecule has 0 radical (unpaired) electrons. The van der Waals surface area contributed by atoms with Crippen LogP contribution in [0.3, 0.4) is 0 Å². The number of pyridine rings is 2. The maximum atomic E-state index is 9.13. The summed E-state index contributed by atoms with van der Waals surface area (Å²) in [5, 5.41) is 11.2. The van der Waals surface area contributed by atoms with Crippen molar-refractivity contribution >= 4 is 27.6 Å². The van der Waals surface area contributed by atoms with E-state index in [2.05, 4.69) is 51.0 Å². The van der Waals surface area contributed by atoms with Crippen LogP contribution in [-0.2, 0) is 0 Å². The summed E-state index contributed by atoms with van der Waals surface area (Å²) in [4.78, 5) is 16.6. The summed E-state index contributed by atoms with van der Waals surface area (Å²) >= 11 is 0. The quantitative estimate of drug-likeness (QED) is 0.785. The number of likely N-dealkylation sites (tertiary alicyclic amines) is 1. The van der Waals surface area contributed by atoms with Gasteiger partial charge in [0.05, 0.1) is 17.1 Å². The molecule has 0 spiro atoms. The summed E-state index contributed by atoms with van der Waals surface area (Å²) in [7, 11) is 4.30. The van der Waals surface area contributed by atoms with Crippen molar-refractivity contribution in [2.24, 2.45) is 0 Å². The van der Waals surface area contributed by atoms with Crippen LogP contribution in [0.1, 0.15) is 12.1 Å². The zero-order valence-electron chi connectivity index (χ0n) is 13.2. The van der Waals surface area contributed by atoms with E-state index in [1.807, 2.05) is 12.3 Å². The van der Waals surface area contributed by atoms with Gasteiger partial charge < -0.3 is 14.8 Å². The van der Waals surface area contributed by atoms with E-state index in [-0.39, 0.29) is 0 Å². The summed E-state index contributed by atoms with van der Waals surface area (Å²) in [5.74, 6) is 0. The molecular weight excluding hydrogens is 288 g/mol. The monoisotopic (exact) mass is 306 g/mol. The van der Waals surface area contributed by atoms with Crippen LogP contribution in [0.25, 0.3) is 21.9 Å². The predicted molar refractivity (Wildman–Crippen MR) is 90.4 cm³/mol. The summed E-state index contributed by atoms with van der Waals surface area (Å²) < 4.78 is 0. The number of nitriles is 1. The van der Waals surface area contributed by atoms with Crippen molar-refractivity contribution in [1.29, 1.82) is 5.26 Å². The van der Waals surface area contributed by atoms with E-state index >= 15 is 0 Å². The normalized spacial score (nSPS) is 18.6.